The van der Waals surface area contributed by atoms with Gasteiger partial charge in [0.05, 0.1) is 11.9 Å². The zero-order valence-electron chi connectivity index (χ0n) is 11.6. The molecule has 5 heteroatoms. The number of aromatic nitrogens is 3. The average molecular weight is 273 g/mol. The Kier molecular flexibility index (Phi) is 3.20. The van der Waals surface area contributed by atoms with Crippen LogP contribution in [0.25, 0.3) is 11.2 Å². The summed E-state index contributed by atoms with van der Waals surface area (Å²) in [5.74, 6) is 0.155. The monoisotopic (exact) mass is 273 g/mol. The second-order valence-electron chi connectivity index (χ2n) is 5.96. The lowest BCUT2D eigenvalue weighted by atomic mass is 9.79. The Morgan fingerprint density at radius 3 is 2.85 bits per heavy atom. The number of pyridine rings is 1. The molecule has 2 aromatic rings. The molecule has 2 heterocycles. The highest BCUT2D eigenvalue weighted by atomic mass is 16.4. The largest absolute Gasteiger partial charge is 0.481 e. The first-order valence-electron chi connectivity index (χ1n) is 7.10. The van der Waals surface area contributed by atoms with Gasteiger partial charge in [-0.15, -0.1) is 0 Å². The number of aryl methyl sites for hydroxylation is 1. The van der Waals surface area contributed by atoms with Crippen molar-refractivity contribution in [2.24, 2.45) is 5.41 Å². The number of carboxylic acids is 1. The number of hydrogen-bond acceptors (Lipinski definition) is 3. The molecule has 2 N–H and O–H groups in total. The van der Waals surface area contributed by atoms with Crippen molar-refractivity contribution >= 4 is 17.1 Å². The fourth-order valence-corrected chi connectivity index (χ4v) is 3.38. The third kappa shape index (κ3) is 2.40. The summed E-state index contributed by atoms with van der Waals surface area (Å²) in [6.07, 6.45) is 6.87. The predicted octanol–water partition coefficient (Wildman–Crippen LogP) is 2.84. The van der Waals surface area contributed by atoms with E-state index in [4.69, 9.17) is 5.11 Å². The molecule has 5 nitrogen and oxygen atoms in total. The summed E-state index contributed by atoms with van der Waals surface area (Å²) < 4.78 is 0. The summed E-state index contributed by atoms with van der Waals surface area (Å²) in [4.78, 5) is 23.2. The van der Waals surface area contributed by atoms with Gasteiger partial charge in [0.1, 0.15) is 5.82 Å². The Morgan fingerprint density at radius 1 is 1.45 bits per heavy atom. The topological polar surface area (TPSA) is 78.9 Å². The normalized spacial score (nSPS) is 17.6. The minimum Gasteiger partial charge on any atom is -0.481 e. The molecule has 0 aromatic carbocycles. The first-order chi connectivity index (χ1) is 9.58. The molecule has 106 valence electrons. The van der Waals surface area contributed by atoms with E-state index in [0.29, 0.717) is 6.42 Å². The van der Waals surface area contributed by atoms with Crippen molar-refractivity contribution < 1.29 is 9.90 Å². The minimum absolute atomic E-state index is 0.131. The third-order valence-corrected chi connectivity index (χ3v) is 4.38. The van der Waals surface area contributed by atoms with Gasteiger partial charge >= 0.3 is 5.97 Å². The highest BCUT2D eigenvalue weighted by Crippen LogP contribution is 2.43. The van der Waals surface area contributed by atoms with Crippen molar-refractivity contribution in [1.29, 1.82) is 0 Å². The minimum atomic E-state index is -0.711. The van der Waals surface area contributed by atoms with Crippen molar-refractivity contribution in [1.82, 2.24) is 15.0 Å². The number of aromatic amines is 1. The highest BCUT2D eigenvalue weighted by Gasteiger charge is 2.37. The molecule has 0 saturated heterocycles. The second kappa shape index (κ2) is 4.89. The lowest BCUT2D eigenvalue weighted by Crippen LogP contribution is -2.24. The molecule has 0 bridgehead atoms. The Balaban J connectivity index is 1.90. The van der Waals surface area contributed by atoms with Crippen LogP contribution in [0.5, 0.6) is 0 Å². The number of imidazole rings is 1. The average Bonchev–Trinajstić information content (AvgIpc) is 2.96. The van der Waals surface area contributed by atoms with Crippen molar-refractivity contribution in [3.63, 3.8) is 0 Å². The molecule has 0 aliphatic heterocycles. The van der Waals surface area contributed by atoms with E-state index in [0.717, 1.165) is 48.2 Å². The summed E-state index contributed by atoms with van der Waals surface area (Å²) in [6, 6.07) is 1.95. The van der Waals surface area contributed by atoms with E-state index in [2.05, 4.69) is 15.0 Å². The smallest absolute Gasteiger partial charge is 0.303 e. The standard InChI is InChI=1S/C15H19N3O2/c1-10-4-7-16-14-13(10)17-11(18-14)8-15(9-12(19)20)5-2-3-6-15/h4,7H,2-3,5-6,8-9H2,1H3,(H,19,20)(H,16,17,18). The lowest BCUT2D eigenvalue weighted by molar-refractivity contribution is -0.139. The summed E-state index contributed by atoms with van der Waals surface area (Å²) in [6.45, 7) is 2.02. The number of rotatable bonds is 4. The molecule has 2 aromatic heterocycles. The van der Waals surface area contributed by atoms with Gasteiger partial charge in [0.2, 0.25) is 0 Å². The third-order valence-electron chi connectivity index (χ3n) is 4.38. The molecule has 0 spiro atoms. The molecule has 0 amide bonds. The van der Waals surface area contributed by atoms with Crippen LogP contribution in [0.2, 0.25) is 0 Å². The van der Waals surface area contributed by atoms with E-state index in [-0.39, 0.29) is 11.8 Å². The van der Waals surface area contributed by atoms with Crippen molar-refractivity contribution in [2.75, 3.05) is 0 Å². The van der Waals surface area contributed by atoms with Crippen LogP contribution >= 0.6 is 0 Å². The van der Waals surface area contributed by atoms with Crippen molar-refractivity contribution in [2.45, 2.75) is 45.4 Å². The second-order valence-corrected chi connectivity index (χ2v) is 5.96. The van der Waals surface area contributed by atoms with Crippen LogP contribution in [-0.2, 0) is 11.2 Å². The van der Waals surface area contributed by atoms with Crippen LogP contribution in [0.4, 0.5) is 0 Å². The SMILES string of the molecule is Cc1ccnc2nc(CC3(CC(=O)O)CCCC3)[nH]c12. The molecule has 3 rings (SSSR count). The number of nitrogens with zero attached hydrogens (tertiary/aromatic N) is 2. The number of carboxylic acid groups (broad SMARTS) is 1. The van der Waals surface area contributed by atoms with Gasteiger partial charge in [0, 0.05) is 12.6 Å². The van der Waals surface area contributed by atoms with E-state index in [1.165, 1.54) is 0 Å². The molecule has 0 radical (unpaired) electrons. The number of hydrogen-bond donors (Lipinski definition) is 2. The molecule has 0 unspecified atom stereocenters. The van der Waals surface area contributed by atoms with Crippen LogP contribution in [0.3, 0.4) is 0 Å². The molecule has 1 saturated carbocycles. The number of H-pyrrole nitrogens is 1. The van der Waals surface area contributed by atoms with E-state index < -0.39 is 5.97 Å². The summed E-state index contributed by atoms with van der Waals surface area (Å²) in [7, 11) is 0. The zero-order chi connectivity index (χ0) is 14.2. The lowest BCUT2D eigenvalue weighted by Gasteiger charge is -2.25. The maximum absolute atomic E-state index is 11.1. The van der Waals surface area contributed by atoms with Crippen LogP contribution in [0.15, 0.2) is 12.3 Å². The molecule has 1 fully saturated rings. The first kappa shape index (κ1) is 13.1. The number of carbonyl (C=O) groups is 1. The van der Waals surface area contributed by atoms with Crippen LogP contribution in [-0.4, -0.2) is 26.0 Å². The Labute approximate surface area is 117 Å². The molecule has 1 aliphatic carbocycles. The Bertz CT molecular complexity index is 642. The zero-order valence-corrected chi connectivity index (χ0v) is 11.6. The van der Waals surface area contributed by atoms with Gasteiger partial charge in [-0.05, 0) is 36.8 Å². The van der Waals surface area contributed by atoms with Gasteiger partial charge in [0.15, 0.2) is 5.65 Å². The van der Waals surface area contributed by atoms with Crippen molar-refractivity contribution in [3.8, 4) is 0 Å². The van der Waals surface area contributed by atoms with Crippen LogP contribution in [0.1, 0.15) is 43.5 Å². The Morgan fingerprint density at radius 2 is 2.20 bits per heavy atom. The van der Waals surface area contributed by atoms with Gasteiger partial charge in [-0.3, -0.25) is 4.79 Å². The number of aliphatic carboxylic acids is 1. The Hall–Kier alpha value is -1.91. The van der Waals surface area contributed by atoms with E-state index in [9.17, 15) is 4.79 Å². The predicted molar refractivity (Wildman–Crippen MR) is 75.5 cm³/mol. The maximum Gasteiger partial charge on any atom is 0.303 e. The van der Waals surface area contributed by atoms with Gasteiger partial charge in [0.25, 0.3) is 0 Å². The number of nitrogens with one attached hydrogen (secondary N) is 1. The van der Waals surface area contributed by atoms with Gasteiger partial charge in [-0.1, -0.05) is 12.8 Å². The van der Waals surface area contributed by atoms with Gasteiger partial charge in [-0.2, -0.15) is 0 Å². The molecule has 0 atom stereocenters. The van der Waals surface area contributed by atoms with E-state index in [1.54, 1.807) is 6.20 Å². The fourth-order valence-electron chi connectivity index (χ4n) is 3.38. The fraction of sp³-hybridized carbons (Fsp3) is 0.533. The van der Waals surface area contributed by atoms with E-state index >= 15 is 0 Å². The van der Waals surface area contributed by atoms with Gasteiger partial charge in [-0.25, -0.2) is 9.97 Å². The van der Waals surface area contributed by atoms with E-state index in [1.807, 2.05) is 13.0 Å². The molecule has 20 heavy (non-hydrogen) atoms. The van der Waals surface area contributed by atoms with Crippen LogP contribution in [0, 0.1) is 12.3 Å². The first-order valence-corrected chi connectivity index (χ1v) is 7.10. The van der Waals surface area contributed by atoms with Crippen molar-refractivity contribution in [3.05, 3.63) is 23.7 Å². The summed E-state index contributed by atoms with van der Waals surface area (Å²) in [5.41, 5.74) is 2.68. The number of fused-ring (bicyclic) bond motifs is 1. The maximum atomic E-state index is 11.1. The van der Waals surface area contributed by atoms with Crippen LogP contribution < -0.4 is 0 Å². The highest BCUT2D eigenvalue weighted by molar-refractivity contribution is 5.74. The summed E-state index contributed by atoms with van der Waals surface area (Å²) >= 11 is 0. The summed E-state index contributed by atoms with van der Waals surface area (Å²) in [5, 5.41) is 9.16. The molecular formula is C15H19N3O2. The molecular weight excluding hydrogens is 254 g/mol. The quantitative estimate of drug-likeness (QED) is 0.897. The van der Waals surface area contributed by atoms with Gasteiger partial charge < -0.3 is 10.1 Å². The molecule has 1 aliphatic rings.